The highest BCUT2D eigenvalue weighted by molar-refractivity contribution is 6.01. The van der Waals surface area contributed by atoms with Crippen molar-refractivity contribution in [2.24, 2.45) is 0 Å². The fraction of sp³-hybridized carbons (Fsp3) is 0.182. The molecule has 0 saturated carbocycles. The van der Waals surface area contributed by atoms with Crippen molar-refractivity contribution in [3.8, 4) is 0 Å². The normalized spacial score (nSPS) is 15.9. The highest BCUT2D eigenvalue weighted by Gasteiger charge is 2.36. The van der Waals surface area contributed by atoms with Crippen LogP contribution in [0, 0.1) is 6.92 Å². The lowest BCUT2D eigenvalue weighted by molar-refractivity contribution is -0.121. The number of aryl methyl sites for hydroxylation is 1. The number of hydrogen-bond acceptors (Lipinski definition) is 3. The summed E-state index contributed by atoms with van der Waals surface area (Å²) in [5, 5.41) is 2.98. The molecule has 0 fully saturated rings. The van der Waals surface area contributed by atoms with Crippen molar-refractivity contribution in [1.82, 2.24) is 4.90 Å². The van der Waals surface area contributed by atoms with Crippen LogP contribution in [0.25, 0.3) is 0 Å². The van der Waals surface area contributed by atoms with Crippen molar-refractivity contribution in [2.75, 3.05) is 5.32 Å². The monoisotopic (exact) mass is 360 g/mol. The van der Waals surface area contributed by atoms with Gasteiger partial charge in [-0.25, -0.2) is 0 Å². The Morgan fingerprint density at radius 3 is 2.48 bits per heavy atom. The Labute approximate surface area is 157 Å². The molecule has 136 valence electrons. The van der Waals surface area contributed by atoms with Gasteiger partial charge >= 0.3 is 0 Å². The lowest BCUT2D eigenvalue weighted by Crippen LogP contribution is -2.50. The van der Waals surface area contributed by atoms with E-state index >= 15 is 0 Å². The van der Waals surface area contributed by atoms with Crippen LogP contribution in [0.5, 0.6) is 0 Å². The van der Waals surface area contributed by atoms with Crippen molar-refractivity contribution in [3.63, 3.8) is 0 Å². The summed E-state index contributed by atoms with van der Waals surface area (Å²) in [7, 11) is 0. The van der Waals surface area contributed by atoms with Crippen LogP contribution in [0.15, 0.2) is 71.3 Å². The minimum Gasteiger partial charge on any atom is -0.459 e. The first kappa shape index (κ1) is 17.1. The van der Waals surface area contributed by atoms with Gasteiger partial charge < -0.3 is 14.6 Å². The molecule has 27 heavy (non-hydrogen) atoms. The number of carbonyl (C=O) groups excluding carboxylic acids is 2. The van der Waals surface area contributed by atoms with Gasteiger partial charge in [0.25, 0.3) is 5.91 Å². The highest BCUT2D eigenvalue weighted by Crippen LogP contribution is 2.26. The van der Waals surface area contributed by atoms with E-state index in [0.29, 0.717) is 13.0 Å². The first-order valence-electron chi connectivity index (χ1n) is 8.91. The van der Waals surface area contributed by atoms with Crippen LogP contribution in [-0.2, 0) is 17.8 Å². The lowest BCUT2D eigenvalue weighted by Gasteiger charge is -2.35. The third-order valence-corrected chi connectivity index (χ3v) is 4.95. The van der Waals surface area contributed by atoms with Gasteiger partial charge in [-0.05, 0) is 41.8 Å². The number of hydrogen-bond donors (Lipinski definition) is 1. The van der Waals surface area contributed by atoms with Gasteiger partial charge in [-0.3, -0.25) is 9.59 Å². The van der Waals surface area contributed by atoms with Crippen LogP contribution in [0.1, 0.15) is 27.2 Å². The first-order valence-corrected chi connectivity index (χ1v) is 8.91. The molecule has 1 atom stereocenters. The average molecular weight is 360 g/mol. The Hall–Kier alpha value is -3.34. The Bertz CT molecular complexity index is 979. The molecule has 1 aromatic heterocycles. The Balaban J connectivity index is 1.65. The standard InChI is InChI=1S/C22H20N2O3/c1-15-7-2-5-10-18(15)23-21(25)19-13-16-8-3-4-9-17(16)14-24(19)22(26)20-11-6-12-27-20/h2-12,19H,13-14H2,1H3,(H,23,25)/t19-/m1/s1. The molecule has 3 aromatic rings. The number of nitrogens with zero attached hydrogens (tertiary/aromatic N) is 1. The molecule has 1 aliphatic rings. The minimum absolute atomic E-state index is 0.196. The van der Waals surface area contributed by atoms with Gasteiger partial charge in [-0.1, -0.05) is 42.5 Å². The van der Waals surface area contributed by atoms with E-state index in [9.17, 15) is 9.59 Å². The maximum atomic E-state index is 13.1. The summed E-state index contributed by atoms with van der Waals surface area (Å²) in [6, 6.07) is 18.2. The van der Waals surface area contributed by atoms with Gasteiger partial charge in [0, 0.05) is 18.7 Å². The fourth-order valence-corrected chi connectivity index (χ4v) is 3.44. The minimum atomic E-state index is -0.600. The number of fused-ring (bicyclic) bond motifs is 1. The van der Waals surface area contributed by atoms with E-state index in [2.05, 4.69) is 5.32 Å². The summed E-state index contributed by atoms with van der Waals surface area (Å²) in [5.41, 5.74) is 3.88. The zero-order valence-corrected chi connectivity index (χ0v) is 15.0. The molecule has 2 heterocycles. The number of anilines is 1. The van der Waals surface area contributed by atoms with Crippen molar-refractivity contribution in [3.05, 3.63) is 89.4 Å². The topological polar surface area (TPSA) is 62.6 Å². The summed E-state index contributed by atoms with van der Waals surface area (Å²) in [6.45, 7) is 2.32. The summed E-state index contributed by atoms with van der Waals surface area (Å²) in [4.78, 5) is 27.6. The number of furan rings is 1. The maximum absolute atomic E-state index is 13.1. The highest BCUT2D eigenvalue weighted by atomic mass is 16.3. The van der Waals surface area contributed by atoms with E-state index in [1.54, 1.807) is 17.0 Å². The summed E-state index contributed by atoms with van der Waals surface area (Å²) in [5.74, 6) is -0.235. The van der Waals surface area contributed by atoms with Gasteiger partial charge in [0.15, 0.2) is 5.76 Å². The Morgan fingerprint density at radius 1 is 1.00 bits per heavy atom. The zero-order chi connectivity index (χ0) is 18.8. The van der Waals surface area contributed by atoms with Crippen LogP contribution in [-0.4, -0.2) is 22.8 Å². The third-order valence-electron chi connectivity index (χ3n) is 4.95. The predicted molar refractivity (Wildman–Crippen MR) is 102 cm³/mol. The van der Waals surface area contributed by atoms with E-state index in [-0.39, 0.29) is 17.6 Å². The third kappa shape index (κ3) is 3.36. The van der Waals surface area contributed by atoms with Gasteiger partial charge in [0.1, 0.15) is 6.04 Å². The SMILES string of the molecule is Cc1ccccc1NC(=O)[C@H]1Cc2ccccc2CN1C(=O)c1ccco1. The van der Waals surface area contributed by atoms with Gasteiger partial charge in [0.2, 0.25) is 5.91 Å². The number of carbonyl (C=O) groups is 2. The second kappa shape index (κ2) is 7.11. The molecule has 2 aromatic carbocycles. The predicted octanol–water partition coefficient (Wildman–Crippen LogP) is 3.79. The molecule has 5 nitrogen and oxygen atoms in total. The van der Waals surface area contributed by atoms with E-state index < -0.39 is 6.04 Å². The molecule has 0 unspecified atom stereocenters. The van der Waals surface area contributed by atoms with Crippen LogP contribution in [0.3, 0.4) is 0 Å². The molecule has 1 aliphatic heterocycles. The summed E-state index contributed by atoms with van der Waals surface area (Å²) >= 11 is 0. The molecule has 0 saturated heterocycles. The van der Waals surface area contributed by atoms with Gasteiger partial charge in [-0.15, -0.1) is 0 Å². The second-order valence-corrected chi connectivity index (χ2v) is 6.70. The molecule has 1 N–H and O–H groups in total. The Morgan fingerprint density at radius 2 is 1.74 bits per heavy atom. The second-order valence-electron chi connectivity index (χ2n) is 6.70. The Kier molecular flexibility index (Phi) is 4.50. The van der Waals surface area contributed by atoms with Crippen LogP contribution in [0.2, 0.25) is 0 Å². The van der Waals surface area contributed by atoms with Crippen LogP contribution in [0.4, 0.5) is 5.69 Å². The number of para-hydroxylation sites is 1. The molecule has 2 amide bonds. The van der Waals surface area contributed by atoms with Crippen molar-refractivity contribution in [2.45, 2.75) is 25.9 Å². The van der Waals surface area contributed by atoms with Gasteiger partial charge in [0.05, 0.1) is 6.26 Å². The maximum Gasteiger partial charge on any atom is 0.290 e. The summed E-state index contributed by atoms with van der Waals surface area (Å²) < 4.78 is 5.28. The van der Waals surface area contributed by atoms with Crippen LogP contribution >= 0.6 is 0 Å². The van der Waals surface area contributed by atoms with Crippen molar-refractivity contribution in [1.29, 1.82) is 0 Å². The molecular weight excluding hydrogens is 340 g/mol. The number of amides is 2. The van der Waals surface area contributed by atoms with E-state index in [1.165, 1.54) is 6.26 Å². The van der Waals surface area contributed by atoms with Crippen molar-refractivity contribution < 1.29 is 14.0 Å². The van der Waals surface area contributed by atoms with Crippen LogP contribution < -0.4 is 5.32 Å². The quantitative estimate of drug-likeness (QED) is 0.773. The largest absolute Gasteiger partial charge is 0.459 e. The molecule has 0 radical (unpaired) electrons. The van der Waals surface area contributed by atoms with E-state index in [1.807, 2.05) is 55.5 Å². The number of benzene rings is 2. The average Bonchev–Trinajstić information content (AvgIpc) is 3.23. The van der Waals surface area contributed by atoms with E-state index in [4.69, 9.17) is 4.42 Å². The van der Waals surface area contributed by atoms with E-state index in [0.717, 1.165) is 22.4 Å². The van der Waals surface area contributed by atoms with Gasteiger partial charge in [-0.2, -0.15) is 0 Å². The molecule has 0 bridgehead atoms. The van der Waals surface area contributed by atoms with Crippen molar-refractivity contribution >= 4 is 17.5 Å². The molecule has 0 spiro atoms. The fourth-order valence-electron chi connectivity index (χ4n) is 3.44. The molecular formula is C22H20N2O3. The molecule has 5 heteroatoms. The molecule has 4 rings (SSSR count). The smallest absolute Gasteiger partial charge is 0.290 e. The lowest BCUT2D eigenvalue weighted by atomic mass is 9.93. The zero-order valence-electron chi connectivity index (χ0n) is 15.0. The first-order chi connectivity index (χ1) is 13.1. The number of nitrogens with one attached hydrogen (secondary N) is 1. The number of rotatable bonds is 3. The summed E-state index contributed by atoms with van der Waals surface area (Å²) in [6.07, 6.45) is 1.94. The molecule has 0 aliphatic carbocycles.